The van der Waals surface area contributed by atoms with Crippen molar-refractivity contribution in [2.45, 2.75) is 0 Å². The van der Waals surface area contributed by atoms with Crippen LogP contribution in [0.15, 0.2) is 154 Å². The summed E-state index contributed by atoms with van der Waals surface area (Å²) in [4.78, 5) is 0. The Kier molecular flexibility index (Phi) is 6.73. The predicted molar refractivity (Wildman–Crippen MR) is 234 cm³/mol. The molecule has 0 bridgehead atoms. The molecule has 4 heterocycles. The lowest BCUT2D eigenvalue weighted by Gasteiger charge is -2.16. The van der Waals surface area contributed by atoms with E-state index >= 15 is 0 Å². The highest BCUT2D eigenvalue weighted by molar-refractivity contribution is 6.19. The lowest BCUT2D eigenvalue weighted by Crippen LogP contribution is -2.03. The molecule has 0 aliphatic heterocycles. The molecule has 8 aromatic carbocycles. The third-order valence-corrected chi connectivity index (χ3v) is 11.8. The Morgan fingerprint density at radius 1 is 0.350 bits per heavy atom. The van der Waals surface area contributed by atoms with Crippen LogP contribution in [0.25, 0.3) is 110 Å². The number of hydrogen-bond donors (Lipinski definition) is 0. The molecule has 0 saturated heterocycles. The number of para-hydroxylation sites is 4. The second kappa shape index (κ2) is 12.2. The van der Waals surface area contributed by atoms with E-state index in [0.29, 0.717) is 28.1 Å². The maximum absolute atomic E-state index is 10.8. The van der Waals surface area contributed by atoms with Crippen LogP contribution in [-0.4, -0.2) is 9.13 Å². The van der Waals surface area contributed by atoms with E-state index in [2.05, 4.69) is 53.1 Å². The molecule has 0 atom stereocenters. The second-order valence-electron chi connectivity index (χ2n) is 14.9. The Hall–Kier alpha value is -9.08. The Morgan fingerprint density at radius 3 is 1.40 bits per heavy atom. The molecule has 8 heteroatoms. The minimum atomic E-state index is 0.215. The highest BCUT2D eigenvalue weighted by Crippen LogP contribution is 2.43. The van der Waals surface area contributed by atoms with Crippen molar-refractivity contribution in [3.05, 3.63) is 168 Å². The van der Waals surface area contributed by atoms with Crippen molar-refractivity contribution in [1.82, 2.24) is 9.13 Å². The average Bonchev–Trinajstić information content (AvgIpc) is 4.03. The Morgan fingerprint density at radius 2 is 0.817 bits per heavy atom. The molecular formula is C52H24N6O2. The van der Waals surface area contributed by atoms with Crippen molar-refractivity contribution in [3.8, 4) is 46.8 Å². The molecule has 4 aromatic heterocycles. The summed E-state index contributed by atoms with van der Waals surface area (Å²) in [5.74, 6) is 0. The van der Waals surface area contributed by atoms with Gasteiger partial charge in [-0.2, -0.15) is 21.0 Å². The number of nitriles is 4. The molecule has 0 aliphatic carbocycles. The van der Waals surface area contributed by atoms with Gasteiger partial charge in [-0.25, -0.2) is 0 Å². The molecule has 274 valence electrons. The van der Waals surface area contributed by atoms with Crippen molar-refractivity contribution >= 4 is 87.5 Å². The number of furan rings is 2. The number of fused-ring (bicyclic) bond motifs is 12. The highest BCUT2D eigenvalue weighted by Gasteiger charge is 2.24. The van der Waals surface area contributed by atoms with Gasteiger partial charge in [-0.3, -0.25) is 0 Å². The van der Waals surface area contributed by atoms with Gasteiger partial charge in [-0.1, -0.05) is 72.8 Å². The van der Waals surface area contributed by atoms with Gasteiger partial charge in [0.1, 0.15) is 34.5 Å². The number of benzene rings is 8. The van der Waals surface area contributed by atoms with E-state index in [-0.39, 0.29) is 22.3 Å². The van der Waals surface area contributed by atoms with Crippen molar-refractivity contribution in [2.24, 2.45) is 0 Å². The summed E-state index contributed by atoms with van der Waals surface area (Å²) in [7, 11) is 0. The Bertz CT molecular complexity index is 4000. The average molecular weight is 765 g/mol. The van der Waals surface area contributed by atoms with Gasteiger partial charge in [-0.05, 0) is 72.3 Å². The minimum absolute atomic E-state index is 0.215. The molecule has 0 fully saturated rings. The molecule has 0 unspecified atom stereocenters. The predicted octanol–water partition coefficient (Wildman–Crippen LogP) is 12.8. The lowest BCUT2D eigenvalue weighted by molar-refractivity contribution is 0.669. The number of nitrogens with zero attached hydrogens (tertiary/aromatic N) is 6. The minimum Gasteiger partial charge on any atom is -0.456 e. The molecule has 0 aliphatic rings. The van der Waals surface area contributed by atoms with Gasteiger partial charge in [0, 0.05) is 60.4 Å². The summed E-state index contributed by atoms with van der Waals surface area (Å²) in [6.45, 7) is 0. The maximum atomic E-state index is 10.8. The quantitative estimate of drug-likeness (QED) is 0.176. The van der Waals surface area contributed by atoms with E-state index in [1.807, 2.05) is 102 Å². The zero-order chi connectivity index (χ0) is 40.2. The first-order valence-corrected chi connectivity index (χ1v) is 19.2. The molecule has 0 spiro atoms. The SMILES string of the molecule is N#Cc1cc(-n2c3ccccc3c3cc4oc5ccccc5c4cc32)cc(C#N)c1-c1cc(C#N)c(-n2c3ccccc3c3cc4c(cc32)oc2ccccc24)c(C#N)c1. The van der Waals surface area contributed by atoms with Crippen molar-refractivity contribution < 1.29 is 8.83 Å². The maximum Gasteiger partial charge on any atom is 0.137 e. The first kappa shape index (κ1) is 33.1. The second-order valence-corrected chi connectivity index (χ2v) is 14.9. The fourth-order valence-corrected chi connectivity index (χ4v) is 9.33. The number of aromatic nitrogens is 2. The molecule has 8 nitrogen and oxygen atoms in total. The van der Waals surface area contributed by atoms with Crippen LogP contribution >= 0.6 is 0 Å². The summed E-state index contributed by atoms with van der Waals surface area (Å²) < 4.78 is 16.6. The number of rotatable bonds is 3. The first-order chi connectivity index (χ1) is 29.6. The van der Waals surface area contributed by atoms with E-state index in [9.17, 15) is 21.0 Å². The summed E-state index contributed by atoms with van der Waals surface area (Å²) in [5, 5.41) is 51.0. The van der Waals surface area contributed by atoms with Crippen LogP contribution in [0.3, 0.4) is 0 Å². The van der Waals surface area contributed by atoms with E-state index in [0.717, 1.165) is 81.9 Å². The fourth-order valence-electron chi connectivity index (χ4n) is 9.33. The van der Waals surface area contributed by atoms with Crippen LogP contribution in [-0.2, 0) is 0 Å². The molecule has 0 amide bonds. The summed E-state index contributed by atoms with van der Waals surface area (Å²) in [6.07, 6.45) is 0. The lowest BCUT2D eigenvalue weighted by atomic mass is 9.91. The van der Waals surface area contributed by atoms with Crippen LogP contribution in [0.4, 0.5) is 0 Å². The van der Waals surface area contributed by atoms with Gasteiger partial charge in [0.15, 0.2) is 0 Å². The van der Waals surface area contributed by atoms with Gasteiger partial charge < -0.3 is 18.0 Å². The van der Waals surface area contributed by atoms with Crippen LogP contribution in [0.1, 0.15) is 22.3 Å². The summed E-state index contributed by atoms with van der Waals surface area (Å²) in [5.41, 5.74) is 9.09. The van der Waals surface area contributed by atoms with Crippen LogP contribution in [0.5, 0.6) is 0 Å². The molecule has 0 saturated carbocycles. The summed E-state index contributed by atoms with van der Waals surface area (Å²) >= 11 is 0. The van der Waals surface area contributed by atoms with E-state index < -0.39 is 0 Å². The molecular weight excluding hydrogens is 741 g/mol. The smallest absolute Gasteiger partial charge is 0.137 e. The van der Waals surface area contributed by atoms with Crippen molar-refractivity contribution in [1.29, 1.82) is 21.0 Å². The largest absolute Gasteiger partial charge is 0.456 e. The normalized spacial score (nSPS) is 11.6. The Balaban J connectivity index is 1.09. The molecule has 60 heavy (non-hydrogen) atoms. The van der Waals surface area contributed by atoms with Crippen LogP contribution in [0, 0.1) is 45.3 Å². The first-order valence-electron chi connectivity index (χ1n) is 19.2. The highest BCUT2D eigenvalue weighted by atomic mass is 16.3. The van der Waals surface area contributed by atoms with Gasteiger partial charge in [0.05, 0.1) is 62.1 Å². The van der Waals surface area contributed by atoms with Gasteiger partial charge in [0.2, 0.25) is 0 Å². The fraction of sp³-hybridized carbons (Fsp3) is 0. The molecule has 0 radical (unpaired) electrons. The Labute approximate surface area is 340 Å². The third-order valence-electron chi connectivity index (χ3n) is 11.8. The molecule has 12 rings (SSSR count). The van der Waals surface area contributed by atoms with Gasteiger partial charge in [-0.15, -0.1) is 0 Å². The van der Waals surface area contributed by atoms with Crippen LogP contribution in [0.2, 0.25) is 0 Å². The standard InChI is InChI=1S/C52H24N6O2/c53-25-30-19-34(57-43-13-5-1-10-36(43)40-23-49-42(22-45(40)57)38-12-4-8-16-48(38)59-49)20-31(26-54)51(30)29-17-32(27-55)52(33(18-29)28-56)58-44-14-6-2-9-35(44)39-21-41-37-11-3-7-15-47(37)60-50(41)24-46(39)58/h1-24H. The third kappa shape index (κ3) is 4.45. The van der Waals surface area contributed by atoms with E-state index in [4.69, 9.17) is 8.83 Å². The summed E-state index contributed by atoms with van der Waals surface area (Å²) in [6, 6.07) is 56.3. The van der Waals surface area contributed by atoms with Crippen molar-refractivity contribution in [2.75, 3.05) is 0 Å². The zero-order valence-electron chi connectivity index (χ0n) is 31.4. The molecule has 0 N–H and O–H groups in total. The van der Waals surface area contributed by atoms with Gasteiger partial charge in [0.25, 0.3) is 0 Å². The molecule has 12 aromatic rings. The van der Waals surface area contributed by atoms with Crippen molar-refractivity contribution in [3.63, 3.8) is 0 Å². The zero-order valence-corrected chi connectivity index (χ0v) is 31.4. The van der Waals surface area contributed by atoms with Gasteiger partial charge >= 0.3 is 0 Å². The van der Waals surface area contributed by atoms with E-state index in [1.54, 1.807) is 24.3 Å². The topological polar surface area (TPSA) is 131 Å². The monoisotopic (exact) mass is 764 g/mol. The van der Waals surface area contributed by atoms with E-state index in [1.165, 1.54) is 0 Å². The number of hydrogen-bond acceptors (Lipinski definition) is 6. The van der Waals surface area contributed by atoms with Crippen LogP contribution < -0.4 is 0 Å².